The first-order chi connectivity index (χ1) is 6.72. The maximum absolute atomic E-state index is 9.35. The minimum absolute atomic E-state index is 0.280. The van der Waals surface area contributed by atoms with Crippen LogP contribution in [0.2, 0.25) is 5.02 Å². The summed E-state index contributed by atoms with van der Waals surface area (Å²) in [4.78, 5) is 0. The Kier molecular flexibility index (Phi) is 4.73. The summed E-state index contributed by atoms with van der Waals surface area (Å²) in [6.45, 7) is 0.802. The number of likely N-dealkylation sites (N-methyl/N-ethyl adjacent to an activating group) is 1. The van der Waals surface area contributed by atoms with Gasteiger partial charge in [-0.2, -0.15) is 0 Å². The van der Waals surface area contributed by atoms with Crippen LogP contribution >= 0.6 is 11.6 Å². The number of aliphatic hydroxyl groups is 1. The van der Waals surface area contributed by atoms with E-state index in [2.05, 4.69) is 5.32 Å². The van der Waals surface area contributed by atoms with Crippen molar-refractivity contribution in [1.29, 1.82) is 0 Å². The normalized spacial score (nSPS) is 12.5. The number of halogens is 1. The summed E-state index contributed by atoms with van der Waals surface area (Å²) in [5.74, 6) is 0.713. The first-order valence-electron chi connectivity index (χ1n) is 4.43. The van der Waals surface area contributed by atoms with Crippen molar-refractivity contribution in [3.63, 3.8) is 0 Å². The van der Waals surface area contributed by atoms with Crippen molar-refractivity contribution in [2.45, 2.75) is 6.10 Å². The Balaban J connectivity index is 2.34. The number of hydrogen-bond donors (Lipinski definition) is 2. The predicted octanol–water partition coefficient (Wildman–Crippen LogP) is 1.30. The molecule has 4 heteroatoms. The number of nitrogens with one attached hydrogen (secondary N) is 1. The van der Waals surface area contributed by atoms with Crippen molar-refractivity contribution in [2.75, 3.05) is 20.2 Å². The lowest BCUT2D eigenvalue weighted by atomic mass is 10.3. The van der Waals surface area contributed by atoms with Gasteiger partial charge in [0.05, 0.1) is 0 Å². The molecule has 1 rings (SSSR count). The van der Waals surface area contributed by atoms with Gasteiger partial charge in [0.2, 0.25) is 0 Å². The van der Waals surface area contributed by atoms with E-state index in [9.17, 15) is 5.11 Å². The molecule has 0 fully saturated rings. The van der Waals surface area contributed by atoms with Crippen LogP contribution < -0.4 is 10.1 Å². The Morgan fingerprint density at radius 1 is 1.43 bits per heavy atom. The second-order valence-corrected chi connectivity index (χ2v) is 3.41. The Hall–Kier alpha value is -0.770. The lowest BCUT2D eigenvalue weighted by Gasteiger charge is -2.11. The van der Waals surface area contributed by atoms with Crippen LogP contribution in [-0.4, -0.2) is 31.4 Å². The lowest BCUT2D eigenvalue weighted by molar-refractivity contribution is 0.108. The van der Waals surface area contributed by atoms with Gasteiger partial charge in [0, 0.05) is 11.6 Å². The van der Waals surface area contributed by atoms with Crippen molar-refractivity contribution in [2.24, 2.45) is 0 Å². The van der Waals surface area contributed by atoms with Gasteiger partial charge < -0.3 is 15.2 Å². The topological polar surface area (TPSA) is 41.5 Å². The second kappa shape index (κ2) is 5.86. The molecule has 2 N–H and O–H groups in total. The molecule has 0 saturated heterocycles. The fraction of sp³-hybridized carbons (Fsp3) is 0.400. The van der Waals surface area contributed by atoms with Crippen LogP contribution in [0.25, 0.3) is 0 Å². The third-order valence-electron chi connectivity index (χ3n) is 1.70. The average Bonchev–Trinajstić information content (AvgIpc) is 2.17. The first-order valence-corrected chi connectivity index (χ1v) is 4.81. The van der Waals surface area contributed by atoms with Gasteiger partial charge in [0.25, 0.3) is 0 Å². The smallest absolute Gasteiger partial charge is 0.119 e. The Bertz CT molecular complexity index is 263. The van der Waals surface area contributed by atoms with Crippen molar-refractivity contribution < 1.29 is 9.84 Å². The summed E-state index contributed by atoms with van der Waals surface area (Å²) in [7, 11) is 1.78. The van der Waals surface area contributed by atoms with Gasteiger partial charge in [-0.25, -0.2) is 0 Å². The van der Waals surface area contributed by atoms with E-state index < -0.39 is 6.10 Å². The van der Waals surface area contributed by atoms with Gasteiger partial charge in [-0.05, 0) is 31.3 Å². The highest BCUT2D eigenvalue weighted by Crippen LogP contribution is 2.15. The SMILES string of the molecule is CNCC(O)COc1ccc(Cl)cc1. The molecular formula is C10H14ClNO2. The van der Waals surface area contributed by atoms with Crippen LogP contribution in [0.15, 0.2) is 24.3 Å². The molecule has 78 valence electrons. The Morgan fingerprint density at radius 3 is 2.64 bits per heavy atom. The zero-order valence-corrected chi connectivity index (χ0v) is 8.79. The number of rotatable bonds is 5. The van der Waals surface area contributed by atoms with Crippen LogP contribution in [0.4, 0.5) is 0 Å². The standard InChI is InChI=1S/C10H14ClNO2/c1-12-6-9(13)7-14-10-4-2-8(11)3-5-10/h2-5,9,12-13H,6-7H2,1H3. The minimum Gasteiger partial charge on any atom is -0.491 e. The highest BCUT2D eigenvalue weighted by molar-refractivity contribution is 6.30. The number of hydrogen-bond acceptors (Lipinski definition) is 3. The van der Waals surface area contributed by atoms with Crippen LogP contribution in [0.3, 0.4) is 0 Å². The highest BCUT2D eigenvalue weighted by atomic mass is 35.5. The number of aliphatic hydroxyl groups excluding tert-OH is 1. The molecule has 0 aliphatic rings. The molecule has 3 nitrogen and oxygen atoms in total. The molecule has 0 aromatic heterocycles. The van der Waals surface area contributed by atoms with E-state index in [-0.39, 0.29) is 6.61 Å². The number of benzene rings is 1. The molecule has 0 amide bonds. The molecule has 0 radical (unpaired) electrons. The fourth-order valence-electron chi connectivity index (χ4n) is 1.02. The molecule has 0 heterocycles. The molecule has 0 aliphatic carbocycles. The first kappa shape index (κ1) is 11.3. The molecule has 1 aromatic carbocycles. The fourth-order valence-corrected chi connectivity index (χ4v) is 1.14. The maximum Gasteiger partial charge on any atom is 0.119 e. The van der Waals surface area contributed by atoms with Crippen LogP contribution in [0.1, 0.15) is 0 Å². The average molecular weight is 216 g/mol. The Morgan fingerprint density at radius 2 is 2.07 bits per heavy atom. The third-order valence-corrected chi connectivity index (χ3v) is 1.95. The van der Waals surface area contributed by atoms with Gasteiger partial charge in [0.1, 0.15) is 18.5 Å². The quantitative estimate of drug-likeness (QED) is 0.778. The molecule has 0 aliphatic heterocycles. The molecule has 1 atom stereocenters. The van der Waals surface area contributed by atoms with Gasteiger partial charge in [0.15, 0.2) is 0 Å². The van der Waals surface area contributed by atoms with Gasteiger partial charge in [-0.3, -0.25) is 0 Å². The van der Waals surface area contributed by atoms with E-state index in [0.29, 0.717) is 17.3 Å². The predicted molar refractivity (Wildman–Crippen MR) is 56.9 cm³/mol. The largest absolute Gasteiger partial charge is 0.491 e. The summed E-state index contributed by atoms with van der Waals surface area (Å²) in [5.41, 5.74) is 0. The molecule has 14 heavy (non-hydrogen) atoms. The van der Waals surface area contributed by atoms with Crippen molar-refractivity contribution in [1.82, 2.24) is 5.32 Å². The second-order valence-electron chi connectivity index (χ2n) is 2.98. The highest BCUT2D eigenvalue weighted by Gasteiger charge is 2.02. The van der Waals surface area contributed by atoms with Crippen molar-refractivity contribution in [3.05, 3.63) is 29.3 Å². The van der Waals surface area contributed by atoms with E-state index in [1.807, 2.05) is 0 Å². The number of ether oxygens (including phenoxy) is 1. The van der Waals surface area contributed by atoms with Crippen molar-refractivity contribution in [3.8, 4) is 5.75 Å². The zero-order chi connectivity index (χ0) is 10.4. The van der Waals surface area contributed by atoms with E-state index in [1.54, 1.807) is 31.3 Å². The van der Waals surface area contributed by atoms with E-state index in [0.717, 1.165) is 0 Å². The van der Waals surface area contributed by atoms with E-state index in [1.165, 1.54) is 0 Å². The minimum atomic E-state index is -0.490. The van der Waals surface area contributed by atoms with Gasteiger partial charge >= 0.3 is 0 Å². The van der Waals surface area contributed by atoms with Crippen LogP contribution in [0.5, 0.6) is 5.75 Å². The van der Waals surface area contributed by atoms with E-state index >= 15 is 0 Å². The van der Waals surface area contributed by atoms with Crippen LogP contribution in [-0.2, 0) is 0 Å². The Labute approximate surface area is 88.7 Å². The summed E-state index contributed by atoms with van der Waals surface area (Å²) >= 11 is 5.71. The molecule has 0 spiro atoms. The van der Waals surface area contributed by atoms with Gasteiger partial charge in [-0.1, -0.05) is 11.6 Å². The summed E-state index contributed by atoms with van der Waals surface area (Å²) in [5, 5.41) is 12.9. The molecule has 0 saturated carbocycles. The van der Waals surface area contributed by atoms with Crippen molar-refractivity contribution >= 4 is 11.6 Å². The summed E-state index contributed by atoms with van der Waals surface area (Å²) in [6, 6.07) is 7.05. The van der Waals surface area contributed by atoms with Gasteiger partial charge in [-0.15, -0.1) is 0 Å². The maximum atomic E-state index is 9.35. The van der Waals surface area contributed by atoms with Crippen LogP contribution in [0, 0.1) is 0 Å². The molecule has 1 unspecified atom stereocenters. The zero-order valence-electron chi connectivity index (χ0n) is 8.03. The summed E-state index contributed by atoms with van der Waals surface area (Å²) in [6.07, 6.45) is -0.490. The molecule has 1 aromatic rings. The lowest BCUT2D eigenvalue weighted by Crippen LogP contribution is -2.29. The monoisotopic (exact) mass is 215 g/mol. The van der Waals surface area contributed by atoms with E-state index in [4.69, 9.17) is 16.3 Å². The summed E-state index contributed by atoms with van der Waals surface area (Å²) < 4.78 is 5.33. The molecular weight excluding hydrogens is 202 g/mol. The third kappa shape index (κ3) is 3.96. The molecule has 0 bridgehead atoms.